The molecule has 0 atom stereocenters. The molecule has 0 amide bonds. The van der Waals surface area contributed by atoms with Gasteiger partial charge in [0.15, 0.2) is 0 Å². The minimum absolute atomic E-state index is 0.496. The van der Waals surface area contributed by atoms with E-state index in [1.54, 1.807) is 6.07 Å². The van der Waals surface area contributed by atoms with Gasteiger partial charge in [0.05, 0.1) is 15.6 Å². The Morgan fingerprint density at radius 2 is 2.00 bits per heavy atom. The molecule has 0 aliphatic heterocycles. The first kappa shape index (κ1) is 13.4. The Balaban J connectivity index is 2.77. The lowest BCUT2D eigenvalue weighted by Crippen LogP contribution is -2.12. The Kier molecular flexibility index (Phi) is 3.95. The summed E-state index contributed by atoms with van der Waals surface area (Å²) in [6.45, 7) is 0.559. The largest absolute Gasteiger partial charge is 0.377 e. The second kappa shape index (κ2) is 5.31. The Hall–Kier alpha value is -1.03. The second-order valence-corrected chi connectivity index (χ2v) is 5.11. The number of fused-ring (bicyclic) bond motifs is 1. The molecule has 3 nitrogen and oxygen atoms in total. The van der Waals surface area contributed by atoms with Crippen molar-refractivity contribution in [2.24, 2.45) is 5.73 Å². The fourth-order valence-electron chi connectivity index (χ4n) is 1.91. The van der Waals surface area contributed by atoms with Crippen LogP contribution in [0.25, 0.3) is 10.9 Å². The number of anilines is 1. The van der Waals surface area contributed by atoms with Gasteiger partial charge in [-0.05, 0) is 24.7 Å². The van der Waals surface area contributed by atoms with Gasteiger partial charge in [-0.2, -0.15) is 0 Å². The van der Waals surface area contributed by atoms with Crippen LogP contribution in [0.2, 0.25) is 10.0 Å². The number of hydrogen-bond donors (Lipinski definition) is 1. The molecule has 1 heterocycles. The van der Waals surface area contributed by atoms with Crippen molar-refractivity contribution < 1.29 is 0 Å². The zero-order chi connectivity index (χ0) is 13.3. The van der Waals surface area contributed by atoms with Crippen LogP contribution in [-0.4, -0.2) is 25.6 Å². The molecule has 96 valence electrons. The van der Waals surface area contributed by atoms with Crippen LogP contribution in [-0.2, 0) is 6.42 Å². The summed E-state index contributed by atoms with van der Waals surface area (Å²) < 4.78 is 0. The molecule has 0 bridgehead atoms. The SMILES string of the molecule is CN(C)c1cc(CCN)nc2c(Cl)c(Cl)ccc12. The van der Waals surface area contributed by atoms with E-state index < -0.39 is 0 Å². The molecule has 0 saturated carbocycles. The number of pyridine rings is 1. The molecule has 1 aromatic heterocycles. The van der Waals surface area contributed by atoms with Crippen molar-refractivity contribution >= 4 is 39.8 Å². The zero-order valence-corrected chi connectivity index (χ0v) is 11.9. The number of nitrogens with two attached hydrogens (primary N) is 1. The Bertz CT molecular complexity index is 582. The molecule has 0 aliphatic carbocycles. The van der Waals surface area contributed by atoms with E-state index >= 15 is 0 Å². The molecule has 18 heavy (non-hydrogen) atoms. The van der Waals surface area contributed by atoms with Crippen LogP contribution in [0, 0.1) is 0 Å². The topological polar surface area (TPSA) is 42.1 Å². The summed E-state index contributed by atoms with van der Waals surface area (Å²) in [6, 6.07) is 5.78. The summed E-state index contributed by atoms with van der Waals surface area (Å²) in [4.78, 5) is 6.58. The highest BCUT2D eigenvalue weighted by molar-refractivity contribution is 6.45. The first-order chi connectivity index (χ1) is 8.54. The van der Waals surface area contributed by atoms with Gasteiger partial charge in [-0.25, -0.2) is 0 Å². The molecule has 5 heteroatoms. The van der Waals surface area contributed by atoms with E-state index in [0.717, 1.165) is 28.7 Å². The Morgan fingerprint density at radius 3 is 2.61 bits per heavy atom. The van der Waals surface area contributed by atoms with Crippen molar-refractivity contribution in [2.75, 3.05) is 25.5 Å². The van der Waals surface area contributed by atoms with E-state index in [2.05, 4.69) is 4.98 Å². The highest BCUT2D eigenvalue weighted by Crippen LogP contribution is 2.34. The number of rotatable bonds is 3. The van der Waals surface area contributed by atoms with Gasteiger partial charge in [0.2, 0.25) is 0 Å². The number of hydrogen-bond acceptors (Lipinski definition) is 3. The first-order valence-electron chi connectivity index (χ1n) is 5.69. The third kappa shape index (κ3) is 2.39. The summed E-state index contributed by atoms with van der Waals surface area (Å²) in [5, 5.41) is 2.01. The van der Waals surface area contributed by atoms with Crippen LogP contribution in [0.4, 0.5) is 5.69 Å². The van der Waals surface area contributed by atoms with E-state index in [1.807, 2.05) is 31.1 Å². The summed E-state index contributed by atoms with van der Waals surface area (Å²) >= 11 is 12.3. The monoisotopic (exact) mass is 283 g/mol. The van der Waals surface area contributed by atoms with Crippen LogP contribution in [0.15, 0.2) is 18.2 Å². The molecule has 0 aliphatic rings. The van der Waals surface area contributed by atoms with E-state index in [1.165, 1.54) is 0 Å². The highest BCUT2D eigenvalue weighted by atomic mass is 35.5. The van der Waals surface area contributed by atoms with E-state index in [9.17, 15) is 0 Å². The van der Waals surface area contributed by atoms with Gasteiger partial charge in [0, 0.05) is 37.3 Å². The minimum atomic E-state index is 0.496. The average Bonchev–Trinajstić information content (AvgIpc) is 2.34. The lowest BCUT2D eigenvalue weighted by atomic mass is 10.1. The van der Waals surface area contributed by atoms with Gasteiger partial charge in [-0.15, -0.1) is 0 Å². The highest BCUT2D eigenvalue weighted by Gasteiger charge is 2.12. The third-order valence-corrected chi connectivity index (χ3v) is 3.58. The molecule has 0 radical (unpaired) electrons. The van der Waals surface area contributed by atoms with Gasteiger partial charge in [-0.3, -0.25) is 4.98 Å². The van der Waals surface area contributed by atoms with Crippen molar-refractivity contribution in [1.29, 1.82) is 0 Å². The molecular formula is C13H15Cl2N3. The van der Waals surface area contributed by atoms with Crippen molar-refractivity contribution in [3.05, 3.63) is 33.9 Å². The summed E-state index contributed by atoms with van der Waals surface area (Å²) in [5.74, 6) is 0. The van der Waals surface area contributed by atoms with Crippen molar-refractivity contribution in [3.8, 4) is 0 Å². The maximum Gasteiger partial charge on any atom is 0.0927 e. The number of aromatic nitrogens is 1. The smallest absolute Gasteiger partial charge is 0.0927 e. The van der Waals surface area contributed by atoms with Crippen molar-refractivity contribution in [1.82, 2.24) is 4.98 Å². The van der Waals surface area contributed by atoms with Crippen LogP contribution in [0.3, 0.4) is 0 Å². The van der Waals surface area contributed by atoms with Gasteiger partial charge in [0.1, 0.15) is 0 Å². The van der Waals surface area contributed by atoms with Gasteiger partial charge >= 0.3 is 0 Å². The van der Waals surface area contributed by atoms with E-state index in [4.69, 9.17) is 28.9 Å². The first-order valence-corrected chi connectivity index (χ1v) is 6.45. The maximum atomic E-state index is 6.23. The van der Waals surface area contributed by atoms with Crippen LogP contribution in [0.5, 0.6) is 0 Å². The standard InChI is InChI=1S/C13H15Cl2N3/c1-18(2)11-7-8(5-6-16)17-13-9(11)3-4-10(14)12(13)15/h3-4,7H,5-6,16H2,1-2H3. The average molecular weight is 284 g/mol. The molecule has 0 saturated heterocycles. The predicted octanol–water partition coefficient (Wildman–Crippen LogP) is 3.11. The molecule has 2 rings (SSSR count). The molecular weight excluding hydrogens is 269 g/mol. The molecule has 2 aromatic rings. The predicted molar refractivity (Wildman–Crippen MR) is 78.8 cm³/mol. The third-order valence-electron chi connectivity index (χ3n) is 2.79. The number of benzene rings is 1. The Morgan fingerprint density at radius 1 is 1.28 bits per heavy atom. The van der Waals surface area contributed by atoms with E-state index in [-0.39, 0.29) is 0 Å². The Labute approximate surface area is 116 Å². The molecule has 0 unspecified atom stereocenters. The van der Waals surface area contributed by atoms with Crippen LogP contribution in [0.1, 0.15) is 5.69 Å². The minimum Gasteiger partial charge on any atom is -0.377 e. The summed E-state index contributed by atoms with van der Waals surface area (Å²) in [5.41, 5.74) is 8.32. The summed E-state index contributed by atoms with van der Waals surface area (Å²) in [7, 11) is 3.98. The van der Waals surface area contributed by atoms with Crippen LogP contribution < -0.4 is 10.6 Å². The lowest BCUT2D eigenvalue weighted by molar-refractivity contribution is 0.929. The number of nitrogens with zero attached hydrogens (tertiary/aromatic N) is 2. The zero-order valence-electron chi connectivity index (χ0n) is 10.4. The van der Waals surface area contributed by atoms with Crippen LogP contribution >= 0.6 is 23.2 Å². The number of halogens is 2. The fraction of sp³-hybridized carbons (Fsp3) is 0.308. The van der Waals surface area contributed by atoms with Gasteiger partial charge in [0.25, 0.3) is 0 Å². The molecule has 0 fully saturated rings. The fourth-order valence-corrected chi connectivity index (χ4v) is 2.27. The quantitative estimate of drug-likeness (QED) is 0.941. The van der Waals surface area contributed by atoms with Gasteiger partial charge in [-0.1, -0.05) is 23.2 Å². The summed E-state index contributed by atoms with van der Waals surface area (Å²) in [6.07, 6.45) is 0.722. The normalized spacial score (nSPS) is 10.9. The lowest BCUT2D eigenvalue weighted by Gasteiger charge is -2.17. The second-order valence-electron chi connectivity index (χ2n) is 4.32. The molecule has 2 N–H and O–H groups in total. The van der Waals surface area contributed by atoms with E-state index in [0.29, 0.717) is 16.6 Å². The molecule has 1 aromatic carbocycles. The molecule has 0 spiro atoms. The van der Waals surface area contributed by atoms with Crippen molar-refractivity contribution in [3.63, 3.8) is 0 Å². The van der Waals surface area contributed by atoms with Crippen molar-refractivity contribution in [2.45, 2.75) is 6.42 Å². The van der Waals surface area contributed by atoms with Gasteiger partial charge < -0.3 is 10.6 Å². The maximum absolute atomic E-state index is 6.23.